The second kappa shape index (κ2) is 6.38. The van der Waals surface area contributed by atoms with Crippen LogP contribution in [-0.4, -0.2) is 23.4 Å². The highest BCUT2D eigenvalue weighted by atomic mass is 16.5. The summed E-state index contributed by atoms with van der Waals surface area (Å²) in [6, 6.07) is 0. The van der Waals surface area contributed by atoms with Gasteiger partial charge in [0.25, 0.3) is 0 Å². The molecule has 0 bridgehead atoms. The van der Waals surface area contributed by atoms with Crippen molar-refractivity contribution < 1.29 is 9.84 Å². The standard InChI is InChI=1S/C16H30O2/c1-13(2)14-7-10-16(17,11-8-14)9-3-5-15-6-4-12-18-15/h13-15,17H,3-12H2,1-2H3. The first-order chi connectivity index (χ1) is 8.59. The minimum Gasteiger partial charge on any atom is -0.390 e. The van der Waals surface area contributed by atoms with E-state index in [9.17, 15) is 5.11 Å². The molecule has 1 aliphatic heterocycles. The smallest absolute Gasteiger partial charge is 0.0648 e. The van der Waals surface area contributed by atoms with Crippen LogP contribution >= 0.6 is 0 Å². The maximum Gasteiger partial charge on any atom is 0.0648 e. The van der Waals surface area contributed by atoms with Crippen molar-refractivity contribution >= 4 is 0 Å². The Morgan fingerprint density at radius 3 is 2.50 bits per heavy atom. The Hall–Kier alpha value is -0.0800. The van der Waals surface area contributed by atoms with E-state index in [-0.39, 0.29) is 5.60 Å². The summed E-state index contributed by atoms with van der Waals surface area (Å²) in [6.45, 7) is 5.57. The quantitative estimate of drug-likeness (QED) is 0.806. The van der Waals surface area contributed by atoms with Gasteiger partial charge >= 0.3 is 0 Å². The predicted molar refractivity (Wildman–Crippen MR) is 74.6 cm³/mol. The molecule has 1 saturated heterocycles. The number of hydrogen-bond acceptors (Lipinski definition) is 2. The van der Waals surface area contributed by atoms with Crippen molar-refractivity contribution in [1.82, 2.24) is 0 Å². The summed E-state index contributed by atoms with van der Waals surface area (Å²) in [6.07, 6.45) is 10.7. The SMILES string of the molecule is CC(C)C1CCC(O)(CCCC2CCCO2)CC1. The van der Waals surface area contributed by atoms with Gasteiger partial charge in [0, 0.05) is 6.61 Å². The molecule has 0 aromatic heterocycles. The van der Waals surface area contributed by atoms with Crippen LogP contribution in [0.3, 0.4) is 0 Å². The van der Waals surface area contributed by atoms with Gasteiger partial charge in [0.15, 0.2) is 0 Å². The van der Waals surface area contributed by atoms with Crippen LogP contribution < -0.4 is 0 Å². The molecule has 2 fully saturated rings. The van der Waals surface area contributed by atoms with Gasteiger partial charge in [0.1, 0.15) is 0 Å². The van der Waals surface area contributed by atoms with Crippen LogP contribution in [0, 0.1) is 11.8 Å². The molecular formula is C16H30O2. The fourth-order valence-corrected chi connectivity index (χ4v) is 3.62. The Kier molecular flexibility index (Phi) is 5.08. The number of rotatable bonds is 5. The van der Waals surface area contributed by atoms with Crippen LogP contribution in [0.2, 0.25) is 0 Å². The second-order valence-electron chi connectivity index (χ2n) is 6.83. The van der Waals surface area contributed by atoms with Crippen molar-refractivity contribution in [3.63, 3.8) is 0 Å². The highest BCUT2D eigenvalue weighted by Gasteiger charge is 2.33. The lowest BCUT2D eigenvalue weighted by atomic mass is 9.73. The van der Waals surface area contributed by atoms with Crippen molar-refractivity contribution in [2.45, 2.75) is 83.3 Å². The predicted octanol–water partition coefficient (Wildman–Crippen LogP) is 3.91. The highest BCUT2D eigenvalue weighted by Crippen LogP contribution is 2.38. The Morgan fingerprint density at radius 2 is 1.94 bits per heavy atom. The Labute approximate surface area is 112 Å². The van der Waals surface area contributed by atoms with Gasteiger partial charge in [-0.3, -0.25) is 0 Å². The van der Waals surface area contributed by atoms with Gasteiger partial charge in [-0.1, -0.05) is 13.8 Å². The van der Waals surface area contributed by atoms with Crippen molar-refractivity contribution in [1.29, 1.82) is 0 Å². The summed E-state index contributed by atoms with van der Waals surface area (Å²) in [5, 5.41) is 10.6. The molecule has 2 heteroatoms. The molecule has 1 saturated carbocycles. The third-order valence-electron chi connectivity index (χ3n) is 5.10. The molecule has 18 heavy (non-hydrogen) atoms. The minimum absolute atomic E-state index is 0.357. The summed E-state index contributed by atoms with van der Waals surface area (Å²) in [5.74, 6) is 1.62. The number of ether oxygens (including phenoxy) is 1. The summed E-state index contributed by atoms with van der Waals surface area (Å²) >= 11 is 0. The van der Waals surface area contributed by atoms with Gasteiger partial charge in [0.2, 0.25) is 0 Å². The highest BCUT2D eigenvalue weighted by molar-refractivity contribution is 4.86. The van der Waals surface area contributed by atoms with Gasteiger partial charge in [-0.25, -0.2) is 0 Å². The van der Waals surface area contributed by atoms with E-state index in [0.29, 0.717) is 6.10 Å². The summed E-state index contributed by atoms with van der Waals surface area (Å²) in [4.78, 5) is 0. The van der Waals surface area contributed by atoms with Crippen LogP contribution in [0.5, 0.6) is 0 Å². The lowest BCUT2D eigenvalue weighted by molar-refractivity contribution is -0.0262. The van der Waals surface area contributed by atoms with E-state index < -0.39 is 0 Å². The van der Waals surface area contributed by atoms with Crippen LogP contribution in [0.4, 0.5) is 0 Å². The van der Waals surface area contributed by atoms with Crippen molar-refractivity contribution in [2.75, 3.05) is 6.61 Å². The normalized spacial score (nSPS) is 37.3. The monoisotopic (exact) mass is 254 g/mol. The zero-order valence-corrected chi connectivity index (χ0v) is 12.2. The van der Waals surface area contributed by atoms with Gasteiger partial charge in [-0.2, -0.15) is 0 Å². The van der Waals surface area contributed by atoms with Crippen molar-refractivity contribution in [2.24, 2.45) is 11.8 Å². The van der Waals surface area contributed by atoms with Crippen LogP contribution in [0.15, 0.2) is 0 Å². The van der Waals surface area contributed by atoms with Crippen molar-refractivity contribution in [3.05, 3.63) is 0 Å². The molecule has 1 unspecified atom stereocenters. The first-order valence-electron chi connectivity index (χ1n) is 7.93. The molecule has 0 aromatic rings. The summed E-state index contributed by atoms with van der Waals surface area (Å²) in [5.41, 5.74) is -0.357. The van der Waals surface area contributed by atoms with E-state index in [1.54, 1.807) is 0 Å². The molecule has 1 heterocycles. The first-order valence-corrected chi connectivity index (χ1v) is 7.93. The molecule has 1 atom stereocenters. The molecule has 2 rings (SSSR count). The lowest BCUT2D eigenvalue weighted by Gasteiger charge is -2.37. The Balaban J connectivity index is 1.65. The molecule has 0 spiro atoms. The summed E-state index contributed by atoms with van der Waals surface area (Å²) < 4.78 is 5.64. The lowest BCUT2D eigenvalue weighted by Crippen LogP contribution is -2.35. The minimum atomic E-state index is -0.357. The largest absolute Gasteiger partial charge is 0.390 e. The van der Waals surface area contributed by atoms with E-state index in [4.69, 9.17) is 4.74 Å². The molecule has 106 valence electrons. The third-order valence-corrected chi connectivity index (χ3v) is 5.10. The van der Waals surface area contributed by atoms with Gasteiger partial charge in [0.05, 0.1) is 11.7 Å². The zero-order valence-electron chi connectivity index (χ0n) is 12.2. The van der Waals surface area contributed by atoms with E-state index in [2.05, 4.69) is 13.8 Å². The van der Waals surface area contributed by atoms with E-state index in [1.807, 2.05) is 0 Å². The molecule has 0 aromatic carbocycles. The maximum absolute atomic E-state index is 10.6. The third kappa shape index (κ3) is 3.96. The van der Waals surface area contributed by atoms with Crippen LogP contribution in [-0.2, 0) is 4.74 Å². The molecule has 2 aliphatic rings. The average molecular weight is 254 g/mol. The van der Waals surface area contributed by atoms with Crippen LogP contribution in [0.25, 0.3) is 0 Å². The van der Waals surface area contributed by atoms with Crippen molar-refractivity contribution in [3.8, 4) is 0 Å². The summed E-state index contributed by atoms with van der Waals surface area (Å²) in [7, 11) is 0. The molecule has 0 amide bonds. The fourth-order valence-electron chi connectivity index (χ4n) is 3.62. The van der Waals surface area contributed by atoms with E-state index in [0.717, 1.165) is 50.5 Å². The molecule has 1 aliphatic carbocycles. The first kappa shape index (κ1) is 14.3. The van der Waals surface area contributed by atoms with Gasteiger partial charge < -0.3 is 9.84 Å². The average Bonchev–Trinajstić information content (AvgIpc) is 2.82. The number of aliphatic hydroxyl groups is 1. The Morgan fingerprint density at radius 1 is 1.22 bits per heavy atom. The van der Waals surface area contributed by atoms with E-state index >= 15 is 0 Å². The maximum atomic E-state index is 10.6. The topological polar surface area (TPSA) is 29.5 Å². The van der Waals surface area contributed by atoms with Gasteiger partial charge in [-0.15, -0.1) is 0 Å². The van der Waals surface area contributed by atoms with E-state index in [1.165, 1.54) is 25.7 Å². The number of hydrogen-bond donors (Lipinski definition) is 1. The van der Waals surface area contributed by atoms with Crippen LogP contribution in [0.1, 0.15) is 71.6 Å². The molecule has 2 nitrogen and oxygen atoms in total. The molecular weight excluding hydrogens is 224 g/mol. The fraction of sp³-hybridized carbons (Fsp3) is 1.00. The van der Waals surface area contributed by atoms with Gasteiger partial charge in [-0.05, 0) is 69.6 Å². The Bertz CT molecular complexity index is 235. The molecule has 1 N–H and O–H groups in total. The second-order valence-corrected chi connectivity index (χ2v) is 6.83. The zero-order chi connectivity index (χ0) is 13.0. The molecule has 0 radical (unpaired) electrons.